The molecule has 2 aromatic carbocycles. The summed E-state index contributed by atoms with van der Waals surface area (Å²) < 4.78 is 26.5. The predicted octanol–water partition coefficient (Wildman–Crippen LogP) is 5.80. The van der Waals surface area contributed by atoms with Crippen LogP contribution in [0.1, 0.15) is 43.9 Å². The Labute approximate surface area is 179 Å². The van der Waals surface area contributed by atoms with Crippen molar-refractivity contribution in [1.29, 1.82) is 0 Å². The number of ether oxygens (including phenoxy) is 2. The molecular formula is C23H27BrFNO3. The third-order valence-corrected chi connectivity index (χ3v) is 5.59. The zero-order valence-corrected chi connectivity index (χ0v) is 18.6. The lowest BCUT2D eigenvalue weighted by atomic mass is 9.83. The highest BCUT2D eigenvalue weighted by molar-refractivity contribution is 9.10. The third kappa shape index (κ3) is 5.95. The summed E-state index contributed by atoms with van der Waals surface area (Å²) in [4.78, 5) is 11.9. The summed E-state index contributed by atoms with van der Waals surface area (Å²) in [6.45, 7) is 6.34. The first-order valence-corrected chi connectivity index (χ1v) is 10.7. The summed E-state index contributed by atoms with van der Waals surface area (Å²) in [5, 5.41) is 2.80. The van der Waals surface area contributed by atoms with Crippen molar-refractivity contribution in [3.63, 3.8) is 0 Å². The molecule has 1 amide bonds. The normalized spacial score (nSPS) is 16.1. The minimum atomic E-state index is -0.531. The third-order valence-electron chi connectivity index (χ3n) is 4.85. The van der Waals surface area contributed by atoms with E-state index < -0.39 is 11.7 Å². The number of rotatable bonds is 5. The molecule has 0 radical (unpaired) electrons. The van der Waals surface area contributed by atoms with Crippen LogP contribution in [0.3, 0.4) is 0 Å². The van der Waals surface area contributed by atoms with Gasteiger partial charge < -0.3 is 14.8 Å². The van der Waals surface area contributed by atoms with E-state index in [1.807, 2.05) is 57.2 Å². The van der Waals surface area contributed by atoms with Gasteiger partial charge in [-0.2, -0.15) is 0 Å². The van der Waals surface area contributed by atoms with E-state index in [4.69, 9.17) is 9.47 Å². The summed E-state index contributed by atoms with van der Waals surface area (Å²) >= 11 is 3.36. The van der Waals surface area contributed by atoms with Gasteiger partial charge in [-0.25, -0.2) is 9.18 Å². The maximum atomic E-state index is 15.0. The Morgan fingerprint density at radius 1 is 1.28 bits per heavy atom. The van der Waals surface area contributed by atoms with Crippen LogP contribution in [0, 0.1) is 11.7 Å². The number of hydrogen-bond acceptors (Lipinski definition) is 3. The van der Waals surface area contributed by atoms with Gasteiger partial charge in [0.05, 0.1) is 4.47 Å². The minimum absolute atomic E-state index is 0.174. The van der Waals surface area contributed by atoms with Gasteiger partial charge in [0.1, 0.15) is 23.8 Å². The van der Waals surface area contributed by atoms with E-state index >= 15 is 4.39 Å². The summed E-state index contributed by atoms with van der Waals surface area (Å²) in [5.74, 6) is 0.426. The first-order chi connectivity index (χ1) is 13.7. The lowest BCUT2D eigenvalue weighted by Crippen LogP contribution is -2.36. The lowest BCUT2D eigenvalue weighted by Gasteiger charge is -2.27. The molecule has 1 aliphatic rings. The Hall–Kier alpha value is -2.08. The van der Waals surface area contributed by atoms with Gasteiger partial charge >= 0.3 is 6.09 Å². The minimum Gasteiger partial charge on any atom is -0.488 e. The van der Waals surface area contributed by atoms with Crippen molar-refractivity contribution in [1.82, 2.24) is 5.32 Å². The average Bonchev–Trinajstić information content (AvgIpc) is 2.67. The number of benzene rings is 2. The predicted molar refractivity (Wildman–Crippen MR) is 115 cm³/mol. The zero-order chi connectivity index (χ0) is 21.0. The standard InChI is InChI=1S/C23H27BrFNO3/c1-23(2,3)29-22(27)26-13-16-9-10-17-12-19(20(24)21(25)18(17)11-16)28-14-15-7-5-4-6-8-15/h4-8,12,16H,9-11,13-14H2,1-3H3,(H,26,27). The molecule has 0 fully saturated rings. The van der Waals surface area contributed by atoms with Gasteiger partial charge in [0, 0.05) is 6.54 Å². The molecule has 0 saturated heterocycles. The Morgan fingerprint density at radius 2 is 2.00 bits per heavy atom. The van der Waals surface area contributed by atoms with Crippen molar-refractivity contribution in [2.24, 2.45) is 5.92 Å². The highest BCUT2D eigenvalue weighted by atomic mass is 79.9. The topological polar surface area (TPSA) is 47.6 Å². The van der Waals surface area contributed by atoms with Gasteiger partial charge in [0.15, 0.2) is 0 Å². The van der Waals surface area contributed by atoms with Crippen LogP contribution in [-0.2, 0) is 24.2 Å². The number of alkyl carbamates (subject to hydrolysis) is 1. The molecule has 0 spiro atoms. The molecule has 6 heteroatoms. The van der Waals surface area contributed by atoms with Crippen molar-refractivity contribution in [3.8, 4) is 5.75 Å². The van der Waals surface area contributed by atoms with Crippen LogP contribution in [-0.4, -0.2) is 18.2 Å². The average molecular weight is 464 g/mol. The van der Waals surface area contributed by atoms with Gasteiger partial charge in [0.2, 0.25) is 0 Å². The van der Waals surface area contributed by atoms with Crippen LogP contribution in [0.2, 0.25) is 0 Å². The number of amides is 1. The molecule has 0 aliphatic heterocycles. The van der Waals surface area contributed by atoms with Crippen molar-refractivity contribution < 1.29 is 18.7 Å². The summed E-state index contributed by atoms with van der Waals surface area (Å²) in [5.41, 5.74) is 2.18. The quantitative estimate of drug-likeness (QED) is 0.609. The van der Waals surface area contributed by atoms with Gasteiger partial charge in [-0.3, -0.25) is 0 Å². The first-order valence-electron chi connectivity index (χ1n) is 9.86. The fraction of sp³-hybridized carbons (Fsp3) is 0.435. The fourth-order valence-electron chi connectivity index (χ4n) is 3.44. The molecule has 1 aliphatic carbocycles. The van der Waals surface area contributed by atoms with E-state index in [-0.39, 0.29) is 11.7 Å². The maximum Gasteiger partial charge on any atom is 0.407 e. The molecular weight excluding hydrogens is 437 g/mol. The number of carbonyl (C=O) groups excluding carboxylic acids is 1. The van der Waals surface area contributed by atoms with Crippen molar-refractivity contribution in [3.05, 3.63) is 63.4 Å². The number of nitrogens with one attached hydrogen (secondary N) is 1. The van der Waals surface area contributed by atoms with Crippen LogP contribution < -0.4 is 10.1 Å². The van der Waals surface area contributed by atoms with Crippen molar-refractivity contribution in [2.45, 2.75) is 52.2 Å². The molecule has 2 aromatic rings. The molecule has 29 heavy (non-hydrogen) atoms. The molecule has 1 unspecified atom stereocenters. The fourth-order valence-corrected chi connectivity index (χ4v) is 3.91. The molecule has 0 bridgehead atoms. The monoisotopic (exact) mass is 463 g/mol. The number of fused-ring (bicyclic) bond motifs is 1. The van der Waals surface area contributed by atoms with E-state index in [2.05, 4.69) is 21.2 Å². The van der Waals surface area contributed by atoms with Gasteiger partial charge in [-0.15, -0.1) is 0 Å². The summed E-state index contributed by atoms with van der Waals surface area (Å²) in [7, 11) is 0. The number of carbonyl (C=O) groups is 1. The number of aryl methyl sites for hydroxylation is 1. The van der Waals surface area contributed by atoms with Crippen LogP contribution in [0.4, 0.5) is 9.18 Å². The van der Waals surface area contributed by atoms with Crippen molar-refractivity contribution in [2.75, 3.05) is 6.54 Å². The van der Waals surface area contributed by atoms with Crippen LogP contribution in [0.15, 0.2) is 40.9 Å². The molecule has 1 atom stereocenters. The maximum absolute atomic E-state index is 15.0. The van der Waals surface area contributed by atoms with Gasteiger partial charge in [-0.05, 0) is 84.6 Å². The second kappa shape index (κ2) is 9.16. The highest BCUT2D eigenvalue weighted by Gasteiger charge is 2.26. The molecule has 3 rings (SSSR count). The molecule has 4 nitrogen and oxygen atoms in total. The lowest BCUT2D eigenvalue weighted by molar-refractivity contribution is 0.0518. The zero-order valence-electron chi connectivity index (χ0n) is 17.1. The van der Waals surface area contributed by atoms with E-state index in [1.54, 1.807) is 0 Å². The van der Waals surface area contributed by atoms with Crippen molar-refractivity contribution >= 4 is 22.0 Å². The van der Waals surface area contributed by atoms with E-state index in [9.17, 15) is 4.79 Å². The van der Waals surface area contributed by atoms with Crippen LogP contribution >= 0.6 is 15.9 Å². The van der Waals surface area contributed by atoms with E-state index in [0.29, 0.717) is 35.4 Å². The largest absolute Gasteiger partial charge is 0.488 e. The molecule has 1 N–H and O–H groups in total. The highest BCUT2D eigenvalue weighted by Crippen LogP contribution is 2.37. The second-order valence-electron chi connectivity index (χ2n) is 8.41. The van der Waals surface area contributed by atoms with E-state index in [0.717, 1.165) is 24.0 Å². The Balaban J connectivity index is 1.63. The Kier molecular flexibility index (Phi) is 6.83. The molecule has 156 valence electrons. The first kappa shape index (κ1) is 21.6. The molecule has 0 saturated carbocycles. The molecule has 0 heterocycles. The summed E-state index contributed by atoms with van der Waals surface area (Å²) in [6.07, 6.45) is 1.77. The van der Waals surface area contributed by atoms with Crippen LogP contribution in [0.5, 0.6) is 5.75 Å². The SMILES string of the molecule is CC(C)(C)OC(=O)NCC1CCc2cc(OCc3ccccc3)c(Br)c(F)c2C1. The Morgan fingerprint density at radius 3 is 2.69 bits per heavy atom. The van der Waals surface area contributed by atoms with Gasteiger partial charge in [0.25, 0.3) is 0 Å². The van der Waals surface area contributed by atoms with Crippen LogP contribution in [0.25, 0.3) is 0 Å². The summed E-state index contributed by atoms with van der Waals surface area (Å²) in [6, 6.07) is 11.7. The second-order valence-corrected chi connectivity index (χ2v) is 9.20. The van der Waals surface area contributed by atoms with Gasteiger partial charge in [-0.1, -0.05) is 30.3 Å². The number of hydrogen-bond donors (Lipinski definition) is 1. The smallest absolute Gasteiger partial charge is 0.407 e. The number of halogens is 2. The van der Waals surface area contributed by atoms with E-state index in [1.165, 1.54) is 0 Å². The molecule has 0 aromatic heterocycles. The Bertz CT molecular complexity index is 865.